The van der Waals surface area contributed by atoms with Crippen molar-refractivity contribution >= 4 is 22.5 Å². The van der Waals surface area contributed by atoms with Crippen LogP contribution in [0.2, 0.25) is 0 Å². The molecular weight excluding hydrogens is 226 g/mol. The van der Waals surface area contributed by atoms with E-state index in [0.29, 0.717) is 0 Å². The van der Waals surface area contributed by atoms with Gasteiger partial charge in [0.1, 0.15) is 0 Å². The number of nitrogens with zero attached hydrogens (tertiary/aromatic N) is 1. The number of thioether (sulfide) groups is 1. The Balaban J connectivity index is 2.56. The summed E-state index contributed by atoms with van der Waals surface area (Å²) in [6.07, 6.45) is 7.15. The molecule has 1 rings (SSSR count). The number of unbranched alkanes of at least 4 members (excludes halogenated alkanes) is 1. The topological polar surface area (TPSA) is 12.4 Å². The molecule has 0 aliphatic carbocycles. The lowest BCUT2D eigenvalue weighted by Crippen LogP contribution is -2.02. The van der Waals surface area contributed by atoms with Crippen LogP contribution in [0.25, 0.3) is 0 Å². The molecule has 1 aromatic carbocycles. The van der Waals surface area contributed by atoms with Crippen molar-refractivity contribution in [2.24, 2.45) is 10.9 Å². The van der Waals surface area contributed by atoms with E-state index in [1.807, 2.05) is 18.2 Å². The second kappa shape index (κ2) is 8.35. The van der Waals surface area contributed by atoms with Crippen LogP contribution >= 0.6 is 11.8 Å². The van der Waals surface area contributed by atoms with Gasteiger partial charge in [-0.3, -0.25) is 0 Å². The third-order valence-electron chi connectivity index (χ3n) is 2.82. The first-order chi connectivity index (χ1) is 8.26. The highest BCUT2D eigenvalue weighted by molar-refractivity contribution is 8.13. The Morgan fingerprint density at radius 3 is 2.59 bits per heavy atom. The molecule has 1 nitrogen and oxygen atoms in total. The molecule has 94 valence electrons. The summed E-state index contributed by atoms with van der Waals surface area (Å²) in [6.45, 7) is 4.58. The van der Waals surface area contributed by atoms with E-state index in [1.165, 1.54) is 24.3 Å². The van der Waals surface area contributed by atoms with Crippen molar-refractivity contribution in [3.63, 3.8) is 0 Å². The van der Waals surface area contributed by atoms with E-state index >= 15 is 0 Å². The van der Waals surface area contributed by atoms with Gasteiger partial charge in [-0.05, 0) is 30.7 Å². The van der Waals surface area contributed by atoms with Crippen LogP contribution in [-0.4, -0.2) is 11.3 Å². The van der Waals surface area contributed by atoms with Gasteiger partial charge in [0.15, 0.2) is 0 Å². The summed E-state index contributed by atoms with van der Waals surface area (Å²) in [4.78, 5) is 4.70. The molecule has 1 unspecified atom stereocenters. The number of hydrogen-bond acceptors (Lipinski definition) is 2. The molecule has 0 fully saturated rings. The quantitative estimate of drug-likeness (QED) is 0.492. The lowest BCUT2D eigenvalue weighted by Gasteiger charge is -2.11. The van der Waals surface area contributed by atoms with Crippen molar-refractivity contribution in [1.29, 1.82) is 0 Å². The third kappa shape index (κ3) is 5.92. The van der Waals surface area contributed by atoms with E-state index < -0.39 is 0 Å². The third-order valence-corrected chi connectivity index (χ3v) is 3.55. The SMILES string of the molecule is CCCCC(C)CC(=Nc1ccccc1)SC. The molecule has 0 N–H and O–H groups in total. The maximum atomic E-state index is 4.70. The zero-order valence-electron chi connectivity index (χ0n) is 11.1. The Hall–Kier alpha value is -0.760. The molecule has 0 bridgehead atoms. The van der Waals surface area contributed by atoms with Crippen molar-refractivity contribution in [1.82, 2.24) is 0 Å². The summed E-state index contributed by atoms with van der Waals surface area (Å²) < 4.78 is 0. The van der Waals surface area contributed by atoms with Crippen LogP contribution in [0.4, 0.5) is 5.69 Å². The van der Waals surface area contributed by atoms with Gasteiger partial charge in [-0.25, -0.2) is 4.99 Å². The van der Waals surface area contributed by atoms with Crippen LogP contribution in [0.5, 0.6) is 0 Å². The van der Waals surface area contributed by atoms with Crippen molar-refractivity contribution in [3.8, 4) is 0 Å². The van der Waals surface area contributed by atoms with E-state index in [1.54, 1.807) is 11.8 Å². The number of para-hydroxylation sites is 1. The molecule has 0 aromatic heterocycles. The first-order valence-electron chi connectivity index (χ1n) is 6.42. The highest BCUT2D eigenvalue weighted by Crippen LogP contribution is 2.20. The standard InChI is InChI=1S/C15H23NS/c1-4-5-9-13(2)12-15(17-3)16-14-10-7-6-8-11-14/h6-8,10-11,13H,4-5,9,12H2,1-3H3. The molecular formula is C15H23NS. The Morgan fingerprint density at radius 2 is 2.00 bits per heavy atom. The van der Waals surface area contributed by atoms with Crippen LogP contribution in [0, 0.1) is 5.92 Å². The van der Waals surface area contributed by atoms with E-state index in [2.05, 4.69) is 32.2 Å². The zero-order valence-corrected chi connectivity index (χ0v) is 12.0. The van der Waals surface area contributed by atoms with Crippen LogP contribution in [0.1, 0.15) is 39.5 Å². The second-order valence-corrected chi connectivity index (χ2v) is 5.38. The molecule has 0 heterocycles. The number of hydrogen-bond donors (Lipinski definition) is 0. The Kier molecular flexibility index (Phi) is 7.02. The van der Waals surface area contributed by atoms with E-state index in [9.17, 15) is 0 Å². The molecule has 2 heteroatoms. The van der Waals surface area contributed by atoms with Crippen LogP contribution in [-0.2, 0) is 0 Å². The van der Waals surface area contributed by atoms with Gasteiger partial charge in [-0.15, -0.1) is 11.8 Å². The highest BCUT2D eigenvalue weighted by atomic mass is 32.2. The molecule has 1 atom stereocenters. The lowest BCUT2D eigenvalue weighted by molar-refractivity contribution is 0.525. The maximum Gasteiger partial charge on any atom is 0.0738 e. The average molecular weight is 249 g/mol. The monoisotopic (exact) mass is 249 g/mol. The van der Waals surface area contributed by atoms with Gasteiger partial charge in [0.25, 0.3) is 0 Å². The first-order valence-corrected chi connectivity index (χ1v) is 7.65. The van der Waals surface area contributed by atoms with Gasteiger partial charge < -0.3 is 0 Å². The fraction of sp³-hybridized carbons (Fsp3) is 0.533. The van der Waals surface area contributed by atoms with Gasteiger partial charge in [-0.1, -0.05) is 51.3 Å². The second-order valence-electron chi connectivity index (χ2n) is 4.50. The van der Waals surface area contributed by atoms with Gasteiger partial charge in [0.2, 0.25) is 0 Å². The fourth-order valence-electron chi connectivity index (χ4n) is 1.77. The first kappa shape index (κ1) is 14.3. The van der Waals surface area contributed by atoms with Gasteiger partial charge in [0, 0.05) is 0 Å². The normalized spacial score (nSPS) is 13.7. The van der Waals surface area contributed by atoms with Gasteiger partial charge >= 0.3 is 0 Å². The van der Waals surface area contributed by atoms with Crippen molar-refractivity contribution in [2.45, 2.75) is 39.5 Å². The molecule has 0 amide bonds. The van der Waals surface area contributed by atoms with Crippen molar-refractivity contribution < 1.29 is 0 Å². The summed E-state index contributed by atoms with van der Waals surface area (Å²) in [5.41, 5.74) is 1.07. The maximum absolute atomic E-state index is 4.70. The minimum atomic E-state index is 0.741. The van der Waals surface area contributed by atoms with Crippen LogP contribution < -0.4 is 0 Å². The lowest BCUT2D eigenvalue weighted by atomic mass is 10.0. The average Bonchev–Trinajstić information content (AvgIpc) is 2.36. The summed E-state index contributed by atoms with van der Waals surface area (Å²) in [7, 11) is 0. The molecule has 0 saturated heterocycles. The Labute approximate surface area is 110 Å². The highest BCUT2D eigenvalue weighted by Gasteiger charge is 2.06. The predicted molar refractivity (Wildman–Crippen MR) is 80.4 cm³/mol. The Morgan fingerprint density at radius 1 is 1.29 bits per heavy atom. The minimum absolute atomic E-state index is 0.741. The summed E-state index contributed by atoms with van der Waals surface area (Å²) in [5, 5.41) is 1.25. The van der Waals surface area contributed by atoms with E-state index in [0.717, 1.165) is 18.0 Å². The predicted octanol–water partition coefficient (Wildman–Crippen LogP) is 5.30. The zero-order chi connectivity index (χ0) is 12.5. The number of aliphatic imine (C=N–C) groups is 1. The van der Waals surface area contributed by atoms with E-state index in [-0.39, 0.29) is 0 Å². The summed E-state index contributed by atoms with van der Waals surface area (Å²) in [5.74, 6) is 0.741. The molecule has 0 saturated carbocycles. The van der Waals surface area contributed by atoms with Crippen molar-refractivity contribution in [2.75, 3.05) is 6.26 Å². The Bertz CT molecular complexity index is 332. The van der Waals surface area contributed by atoms with Gasteiger partial charge in [0.05, 0.1) is 10.7 Å². The smallest absolute Gasteiger partial charge is 0.0738 e. The molecule has 0 aliphatic heterocycles. The summed E-state index contributed by atoms with van der Waals surface area (Å²) >= 11 is 1.78. The van der Waals surface area contributed by atoms with E-state index in [4.69, 9.17) is 4.99 Å². The fourth-order valence-corrected chi connectivity index (χ4v) is 2.42. The number of rotatable bonds is 6. The molecule has 0 radical (unpaired) electrons. The molecule has 17 heavy (non-hydrogen) atoms. The van der Waals surface area contributed by atoms with Crippen molar-refractivity contribution in [3.05, 3.63) is 30.3 Å². The molecule has 1 aromatic rings. The largest absolute Gasteiger partial charge is 0.247 e. The van der Waals surface area contributed by atoms with Gasteiger partial charge in [-0.2, -0.15) is 0 Å². The molecule has 0 aliphatic rings. The molecule has 0 spiro atoms. The summed E-state index contributed by atoms with van der Waals surface area (Å²) in [6, 6.07) is 10.2. The van der Waals surface area contributed by atoms with Crippen LogP contribution in [0.3, 0.4) is 0 Å². The minimum Gasteiger partial charge on any atom is -0.247 e. The number of benzene rings is 1. The van der Waals surface area contributed by atoms with Crippen LogP contribution in [0.15, 0.2) is 35.3 Å².